The van der Waals surface area contributed by atoms with Gasteiger partial charge in [0.1, 0.15) is 17.2 Å². The number of fused-ring (bicyclic) bond motifs is 3. The average molecular weight is 381 g/mol. The highest BCUT2D eigenvalue weighted by atomic mass is 19.1. The Labute approximate surface area is 168 Å². The molecule has 0 atom stereocenters. The lowest BCUT2D eigenvalue weighted by molar-refractivity contribution is 0.627. The quantitative estimate of drug-likeness (QED) is 0.359. The highest BCUT2D eigenvalue weighted by Crippen LogP contribution is 2.31. The summed E-state index contributed by atoms with van der Waals surface area (Å²) >= 11 is 0. The minimum atomic E-state index is -0.251. The number of hydrogen-bond acceptors (Lipinski definition) is 2. The van der Waals surface area contributed by atoms with Gasteiger partial charge in [0.2, 0.25) is 0 Å². The van der Waals surface area contributed by atoms with Crippen molar-refractivity contribution in [2.45, 2.75) is 20.8 Å². The third kappa shape index (κ3) is 2.97. The van der Waals surface area contributed by atoms with Crippen LogP contribution < -0.4 is 0 Å². The van der Waals surface area contributed by atoms with Crippen LogP contribution in [0.4, 0.5) is 4.39 Å². The Hall–Kier alpha value is -3.53. The molecule has 29 heavy (non-hydrogen) atoms. The number of hydrogen-bond donors (Lipinski definition) is 0. The van der Waals surface area contributed by atoms with E-state index in [9.17, 15) is 4.39 Å². The number of aryl methyl sites for hydroxylation is 3. The highest BCUT2D eigenvalue weighted by molar-refractivity contribution is 6.04. The summed E-state index contributed by atoms with van der Waals surface area (Å²) in [6, 6.07) is 19.4. The van der Waals surface area contributed by atoms with Crippen LogP contribution in [0.3, 0.4) is 0 Å². The third-order valence-electron chi connectivity index (χ3n) is 5.29. The molecule has 0 aliphatic rings. The van der Waals surface area contributed by atoms with E-state index < -0.39 is 0 Å². The smallest absolute Gasteiger partial charge is 0.123 e. The summed E-state index contributed by atoms with van der Waals surface area (Å²) in [7, 11) is 0. The molecule has 0 radical (unpaired) electrons. The molecular formula is C25H20FN3. The molecule has 0 fully saturated rings. The minimum Gasteiger partial charge on any atom is -0.296 e. The predicted octanol–water partition coefficient (Wildman–Crippen LogP) is 6.31. The Morgan fingerprint density at radius 3 is 2.21 bits per heavy atom. The van der Waals surface area contributed by atoms with Gasteiger partial charge in [0.05, 0.1) is 17.2 Å². The van der Waals surface area contributed by atoms with E-state index in [1.165, 1.54) is 28.8 Å². The Bertz CT molecular complexity index is 1360. The monoisotopic (exact) mass is 381 g/mol. The Morgan fingerprint density at radius 1 is 0.759 bits per heavy atom. The average Bonchev–Trinajstić information content (AvgIpc) is 3.04. The Kier molecular flexibility index (Phi) is 3.95. The number of pyridine rings is 1. The molecule has 0 aliphatic carbocycles. The van der Waals surface area contributed by atoms with Gasteiger partial charge in [-0.1, -0.05) is 35.4 Å². The first-order valence-corrected chi connectivity index (χ1v) is 9.62. The molecule has 0 bridgehead atoms. The molecule has 0 unspecified atom stereocenters. The van der Waals surface area contributed by atoms with Gasteiger partial charge in [-0.05, 0) is 68.3 Å². The molecule has 5 rings (SSSR count). The molecule has 0 N–H and O–H groups in total. The maximum atomic E-state index is 13.5. The van der Waals surface area contributed by atoms with Crippen LogP contribution in [0.1, 0.15) is 17.0 Å². The number of benzene rings is 3. The normalized spacial score (nSPS) is 11.4. The van der Waals surface area contributed by atoms with E-state index in [1.54, 1.807) is 18.3 Å². The zero-order chi connectivity index (χ0) is 20.1. The topological polar surface area (TPSA) is 30.7 Å². The summed E-state index contributed by atoms with van der Waals surface area (Å²) in [6.45, 7) is 6.19. The Balaban J connectivity index is 1.82. The van der Waals surface area contributed by atoms with Gasteiger partial charge < -0.3 is 0 Å². The molecule has 0 aliphatic heterocycles. The van der Waals surface area contributed by atoms with Crippen LogP contribution >= 0.6 is 0 Å². The third-order valence-corrected chi connectivity index (χ3v) is 5.29. The van der Waals surface area contributed by atoms with Crippen molar-refractivity contribution in [1.82, 2.24) is 14.5 Å². The van der Waals surface area contributed by atoms with Crippen molar-refractivity contribution in [1.29, 1.82) is 0 Å². The highest BCUT2D eigenvalue weighted by Gasteiger charge is 2.14. The molecule has 0 amide bonds. The fourth-order valence-corrected chi connectivity index (χ4v) is 4.10. The van der Waals surface area contributed by atoms with Crippen molar-refractivity contribution < 1.29 is 4.39 Å². The zero-order valence-corrected chi connectivity index (χ0v) is 16.6. The van der Waals surface area contributed by atoms with Crippen molar-refractivity contribution in [3.05, 3.63) is 89.6 Å². The second-order valence-corrected chi connectivity index (χ2v) is 7.57. The SMILES string of the molecule is Cc1cc(C)cc(-c2ccc3ncc4nc(C)n(-c5ccc(F)cc5)c4c3c2)c1. The van der Waals surface area contributed by atoms with Crippen molar-refractivity contribution in [2.75, 3.05) is 0 Å². The molecule has 142 valence electrons. The first kappa shape index (κ1) is 17.6. The summed E-state index contributed by atoms with van der Waals surface area (Å²) in [6.07, 6.45) is 1.81. The van der Waals surface area contributed by atoms with E-state index >= 15 is 0 Å². The fraction of sp³-hybridized carbons (Fsp3) is 0.120. The van der Waals surface area contributed by atoms with Gasteiger partial charge >= 0.3 is 0 Å². The predicted molar refractivity (Wildman–Crippen MR) is 116 cm³/mol. The first-order chi connectivity index (χ1) is 14.0. The van der Waals surface area contributed by atoms with E-state index in [0.29, 0.717) is 0 Å². The molecular weight excluding hydrogens is 361 g/mol. The van der Waals surface area contributed by atoms with E-state index in [2.05, 4.69) is 59.8 Å². The number of halogens is 1. The number of nitrogens with zero attached hydrogens (tertiary/aromatic N) is 3. The van der Waals surface area contributed by atoms with Crippen LogP contribution in [0.2, 0.25) is 0 Å². The molecule has 3 aromatic carbocycles. The fourth-order valence-electron chi connectivity index (χ4n) is 4.10. The lowest BCUT2D eigenvalue weighted by atomic mass is 9.99. The summed E-state index contributed by atoms with van der Waals surface area (Å²) in [5.74, 6) is 0.595. The lowest BCUT2D eigenvalue weighted by Gasteiger charge is -2.11. The summed E-state index contributed by atoms with van der Waals surface area (Å²) < 4.78 is 15.5. The maximum Gasteiger partial charge on any atom is 0.123 e. The van der Waals surface area contributed by atoms with Gasteiger partial charge in [0.15, 0.2) is 0 Å². The van der Waals surface area contributed by atoms with Gasteiger partial charge in [-0.15, -0.1) is 0 Å². The van der Waals surface area contributed by atoms with Crippen molar-refractivity contribution in [3.63, 3.8) is 0 Å². The van der Waals surface area contributed by atoms with Crippen molar-refractivity contribution in [2.24, 2.45) is 0 Å². The van der Waals surface area contributed by atoms with Gasteiger partial charge in [0, 0.05) is 11.1 Å². The number of imidazole rings is 1. The van der Waals surface area contributed by atoms with Gasteiger partial charge in [0.25, 0.3) is 0 Å². The molecule has 0 saturated heterocycles. The molecule has 2 aromatic heterocycles. The number of aromatic nitrogens is 3. The molecule has 2 heterocycles. The van der Waals surface area contributed by atoms with E-state index in [1.807, 2.05) is 6.92 Å². The van der Waals surface area contributed by atoms with Crippen LogP contribution in [0.15, 0.2) is 66.9 Å². The van der Waals surface area contributed by atoms with Crippen LogP contribution in [-0.4, -0.2) is 14.5 Å². The molecule has 5 aromatic rings. The van der Waals surface area contributed by atoms with Crippen LogP contribution in [0.5, 0.6) is 0 Å². The molecule has 0 spiro atoms. The second-order valence-electron chi connectivity index (χ2n) is 7.57. The molecule has 0 saturated carbocycles. The first-order valence-electron chi connectivity index (χ1n) is 9.62. The molecule has 3 nitrogen and oxygen atoms in total. The van der Waals surface area contributed by atoms with Gasteiger partial charge in [-0.3, -0.25) is 9.55 Å². The maximum absolute atomic E-state index is 13.5. The van der Waals surface area contributed by atoms with E-state index in [-0.39, 0.29) is 5.82 Å². The zero-order valence-electron chi connectivity index (χ0n) is 16.6. The van der Waals surface area contributed by atoms with Crippen molar-refractivity contribution in [3.8, 4) is 16.8 Å². The summed E-state index contributed by atoms with van der Waals surface area (Å²) in [4.78, 5) is 9.31. The Morgan fingerprint density at radius 2 is 1.48 bits per heavy atom. The van der Waals surface area contributed by atoms with Crippen LogP contribution in [0, 0.1) is 26.6 Å². The largest absolute Gasteiger partial charge is 0.296 e. The second kappa shape index (κ2) is 6.52. The van der Waals surface area contributed by atoms with Gasteiger partial charge in [-0.2, -0.15) is 0 Å². The van der Waals surface area contributed by atoms with E-state index in [0.717, 1.165) is 39.0 Å². The summed E-state index contributed by atoms with van der Waals surface area (Å²) in [5.41, 5.74) is 8.42. The van der Waals surface area contributed by atoms with Gasteiger partial charge in [-0.25, -0.2) is 9.37 Å². The van der Waals surface area contributed by atoms with Crippen LogP contribution in [0.25, 0.3) is 38.8 Å². The molecule has 4 heteroatoms. The van der Waals surface area contributed by atoms with Crippen molar-refractivity contribution >= 4 is 21.9 Å². The van der Waals surface area contributed by atoms with E-state index in [4.69, 9.17) is 4.98 Å². The van der Waals surface area contributed by atoms with Crippen LogP contribution in [-0.2, 0) is 0 Å². The minimum absolute atomic E-state index is 0.251. The lowest BCUT2D eigenvalue weighted by Crippen LogP contribution is -1.97. The standard InChI is InChI=1S/C25H20FN3/c1-15-10-16(2)12-19(11-15)18-4-9-23-22(13-18)25-24(14-27-23)28-17(3)29(25)21-7-5-20(26)6-8-21/h4-14H,1-3H3. The number of rotatable bonds is 2. The summed E-state index contributed by atoms with van der Waals surface area (Å²) in [5, 5.41) is 1.03.